The van der Waals surface area contributed by atoms with Crippen molar-refractivity contribution in [2.45, 2.75) is 200 Å². The third kappa shape index (κ3) is 24.7. The summed E-state index contributed by atoms with van der Waals surface area (Å²) in [6.45, 7) is 32.6. The molecule has 9 aliphatic rings. The lowest BCUT2D eigenvalue weighted by Crippen LogP contribution is -2.15. The van der Waals surface area contributed by atoms with Crippen molar-refractivity contribution in [3.63, 3.8) is 0 Å². The summed E-state index contributed by atoms with van der Waals surface area (Å²) < 4.78 is 31.2. The van der Waals surface area contributed by atoms with Gasteiger partial charge in [-0.1, -0.05) is 172 Å². The van der Waals surface area contributed by atoms with Crippen LogP contribution in [0.3, 0.4) is 0 Å². The minimum absolute atomic E-state index is 0. The Morgan fingerprint density at radius 3 is 0.735 bits per heavy atom. The van der Waals surface area contributed by atoms with Crippen LogP contribution in [-0.4, -0.2) is 58.0 Å². The Bertz CT molecular complexity index is 1290. The Hall–Kier alpha value is -3.06. The Morgan fingerprint density at radius 1 is 0.338 bits per heavy atom. The molecule has 11 atom stereocenters. The summed E-state index contributed by atoms with van der Waals surface area (Å²) in [6, 6.07) is 29.4. The number of fused-ring (bicyclic) bond motifs is 10. The third-order valence-corrected chi connectivity index (χ3v) is 13.4. The SMILES string of the molecule is C.C1CC2C3CCC(C3)C2C1.C1CC2C3CCC(C3)C2C1.CC.CC.CC.CC.CC.CC.CC.c1ccc(OCC2CO2)cc1.c1ccc(OCC2CO2)cc1.c1ccc(OCC2CO2)cc1. The number of hydrogen-bond donors (Lipinski definition) is 0. The van der Waals surface area contributed by atoms with Gasteiger partial charge < -0.3 is 28.4 Å². The number of ether oxygens (including phenoxy) is 6. The molecule has 11 unspecified atom stereocenters. The Labute approximate surface area is 421 Å². The van der Waals surface area contributed by atoms with E-state index in [9.17, 15) is 0 Å². The highest BCUT2D eigenvalue weighted by molar-refractivity contribution is 5.22. The Kier molecular flexibility index (Phi) is 39.8. The molecule has 6 nitrogen and oxygen atoms in total. The molecule has 0 radical (unpaired) electrons. The molecule has 0 aromatic heterocycles. The minimum atomic E-state index is 0. The first-order chi connectivity index (χ1) is 33.2. The van der Waals surface area contributed by atoms with E-state index in [2.05, 4.69) is 0 Å². The second-order valence-corrected chi connectivity index (χ2v) is 16.9. The number of rotatable bonds is 9. The van der Waals surface area contributed by atoms with E-state index in [0.29, 0.717) is 38.1 Å². The van der Waals surface area contributed by atoms with Gasteiger partial charge in [0.15, 0.2) is 0 Å². The van der Waals surface area contributed by atoms with Gasteiger partial charge in [0.2, 0.25) is 0 Å². The first-order valence-corrected chi connectivity index (χ1v) is 28.1. The molecule has 4 bridgehead atoms. The van der Waals surface area contributed by atoms with Crippen LogP contribution in [0.4, 0.5) is 0 Å². The quantitative estimate of drug-likeness (QED) is 0.199. The third-order valence-electron chi connectivity index (χ3n) is 13.4. The molecule has 0 spiro atoms. The number of epoxide rings is 3. The highest BCUT2D eigenvalue weighted by Crippen LogP contribution is 2.59. The monoisotopic (exact) mass is 949 g/mol. The van der Waals surface area contributed by atoms with Gasteiger partial charge in [0.25, 0.3) is 0 Å². The average molecular weight is 950 g/mol. The van der Waals surface area contributed by atoms with E-state index in [1.165, 1.54) is 47.3 Å². The molecule has 68 heavy (non-hydrogen) atoms. The van der Waals surface area contributed by atoms with E-state index < -0.39 is 0 Å². The van der Waals surface area contributed by atoms with E-state index in [-0.39, 0.29) is 7.43 Å². The summed E-state index contributed by atoms with van der Waals surface area (Å²) in [7, 11) is 0. The maximum atomic E-state index is 5.40. The van der Waals surface area contributed by atoms with Gasteiger partial charge in [0.05, 0.1) is 19.8 Å². The lowest BCUT2D eigenvalue weighted by molar-refractivity contribution is 0.259. The van der Waals surface area contributed by atoms with Crippen molar-refractivity contribution < 1.29 is 28.4 Å². The molecule has 9 fully saturated rings. The molecule has 3 aromatic carbocycles. The van der Waals surface area contributed by atoms with Gasteiger partial charge >= 0.3 is 0 Å². The van der Waals surface area contributed by atoms with Crippen LogP contribution in [0.2, 0.25) is 0 Å². The van der Waals surface area contributed by atoms with Crippen LogP contribution in [-0.2, 0) is 14.2 Å². The van der Waals surface area contributed by atoms with Gasteiger partial charge in [-0.05, 0) is 148 Å². The molecule has 6 heteroatoms. The first-order valence-electron chi connectivity index (χ1n) is 28.1. The van der Waals surface area contributed by atoms with E-state index in [1.807, 2.05) is 188 Å². The molecule has 392 valence electrons. The summed E-state index contributed by atoms with van der Waals surface area (Å²) in [5.74, 6) is 12.4. The molecular weight excluding hydrogens is 841 g/mol. The Balaban J connectivity index is 0.000000771. The van der Waals surface area contributed by atoms with Crippen LogP contribution in [0, 0.1) is 47.3 Å². The summed E-state index contributed by atoms with van der Waals surface area (Å²) >= 11 is 0. The van der Waals surface area contributed by atoms with Crippen LogP contribution < -0.4 is 14.2 Å². The molecule has 12 rings (SSSR count). The van der Waals surface area contributed by atoms with Gasteiger partial charge in [-0.25, -0.2) is 0 Å². The summed E-state index contributed by atoms with van der Waals surface area (Å²) in [4.78, 5) is 0. The van der Waals surface area contributed by atoms with Gasteiger partial charge in [-0.15, -0.1) is 0 Å². The average Bonchev–Trinajstić information content (AvgIpc) is 4.34. The zero-order valence-electron chi connectivity index (χ0n) is 45.7. The van der Waals surface area contributed by atoms with Crippen molar-refractivity contribution >= 4 is 0 Å². The van der Waals surface area contributed by atoms with Gasteiger partial charge in [-0.2, -0.15) is 0 Å². The van der Waals surface area contributed by atoms with Crippen molar-refractivity contribution in [2.75, 3.05) is 39.6 Å². The summed E-state index contributed by atoms with van der Waals surface area (Å²) in [6.07, 6.45) is 20.1. The zero-order valence-corrected chi connectivity index (χ0v) is 45.7. The highest BCUT2D eigenvalue weighted by atomic mass is 16.6. The largest absolute Gasteiger partial charge is 0.491 e. The lowest BCUT2D eigenvalue weighted by Gasteiger charge is -2.23. The fraction of sp³-hybridized carbons (Fsp3) is 0.710. The van der Waals surface area contributed by atoms with E-state index in [0.717, 1.165) is 37.1 Å². The van der Waals surface area contributed by atoms with Crippen molar-refractivity contribution in [3.8, 4) is 17.2 Å². The van der Waals surface area contributed by atoms with Crippen molar-refractivity contribution in [1.29, 1.82) is 0 Å². The van der Waals surface area contributed by atoms with Crippen molar-refractivity contribution in [1.82, 2.24) is 0 Å². The van der Waals surface area contributed by atoms with Crippen LogP contribution in [0.25, 0.3) is 0 Å². The maximum absolute atomic E-state index is 5.40. The number of hydrogen-bond acceptors (Lipinski definition) is 6. The topological polar surface area (TPSA) is 65.3 Å². The predicted octanol–water partition coefficient (Wildman–Crippen LogP) is 17.9. The Morgan fingerprint density at radius 2 is 0.544 bits per heavy atom. The predicted molar refractivity (Wildman–Crippen MR) is 295 cm³/mol. The molecular formula is C62H108O6. The van der Waals surface area contributed by atoms with Gasteiger partial charge in [0, 0.05) is 0 Å². The second kappa shape index (κ2) is 41.7. The van der Waals surface area contributed by atoms with Crippen molar-refractivity contribution in [3.05, 3.63) is 91.0 Å². The number of para-hydroxylation sites is 3. The van der Waals surface area contributed by atoms with Gasteiger partial charge in [0.1, 0.15) is 55.4 Å². The molecule has 3 heterocycles. The first kappa shape index (κ1) is 64.9. The fourth-order valence-corrected chi connectivity index (χ4v) is 10.6. The normalized spacial score (nSPS) is 27.9. The zero-order chi connectivity index (χ0) is 49.7. The lowest BCUT2D eigenvalue weighted by atomic mass is 9.82. The summed E-state index contributed by atoms with van der Waals surface area (Å²) in [5.41, 5.74) is 0. The molecule has 3 aromatic rings. The van der Waals surface area contributed by atoms with Gasteiger partial charge in [-0.3, -0.25) is 0 Å². The van der Waals surface area contributed by atoms with E-state index in [4.69, 9.17) is 28.4 Å². The van der Waals surface area contributed by atoms with Crippen LogP contribution >= 0.6 is 0 Å². The maximum Gasteiger partial charge on any atom is 0.119 e. The smallest absolute Gasteiger partial charge is 0.119 e. The summed E-state index contributed by atoms with van der Waals surface area (Å²) in [5, 5.41) is 0. The van der Waals surface area contributed by atoms with Crippen LogP contribution in [0.1, 0.15) is 181 Å². The standard InChI is InChI=1S/2C10H16.3C9H10O2.7C2H6.CH4/c2*1-2-9-7-4-5-8(6-7)10(9)3-1;3*1-2-4-8(5-3-1)10-6-9-7-11-9;7*1-2;/h2*7-10H,1-6H2;3*1-5,9H,6-7H2;7*1-2H3;1H4. The molecule has 3 aliphatic heterocycles. The molecule has 6 aliphatic carbocycles. The molecule has 0 amide bonds. The van der Waals surface area contributed by atoms with E-state index >= 15 is 0 Å². The van der Waals surface area contributed by atoms with Crippen LogP contribution in [0.5, 0.6) is 17.2 Å². The van der Waals surface area contributed by atoms with E-state index in [1.54, 1.807) is 77.0 Å². The molecule has 6 saturated carbocycles. The molecule has 3 saturated heterocycles. The molecule has 0 N–H and O–H groups in total. The number of benzene rings is 3. The fourth-order valence-electron chi connectivity index (χ4n) is 10.6. The second-order valence-electron chi connectivity index (χ2n) is 16.9. The highest BCUT2D eigenvalue weighted by Gasteiger charge is 2.49. The van der Waals surface area contributed by atoms with Crippen molar-refractivity contribution in [2.24, 2.45) is 47.3 Å². The minimum Gasteiger partial charge on any atom is -0.491 e. The van der Waals surface area contributed by atoms with Crippen LogP contribution in [0.15, 0.2) is 91.0 Å².